The molecule has 1 amide bonds. The molecule has 0 fully saturated rings. The van der Waals surface area contributed by atoms with Crippen molar-refractivity contribution < 1.29 is 28.3 Å². The number of fused-ring (bicyclic) bond motifs is 1. The Bertz CT molecular complexity index is 1780. The lowest BCUT2D eigenvalue weighted by atomic mass is 9.84. The third-order valence-corrected chi connectivity index (χ3v) is 8.13. The van der Waals surface area contributed by atoms with Gasteiger partial charge >= 0.3 is 5.97 Å². The molecule has 0 saturated heterocycles. The summed E-state index contributed by atoms with van der Waals surface area (Å²) in [6, 6.07) is 15.9. The van der Waals surface area contributed by atoms with Crippen molar-refractivity contribution in [1.82, 2.24) is 14.9 Å². The minimum Gasteiger partial charge on any atom is -0.465 e. The standard InChI is InChI=1S/C33H26ClFN4O5/c1-43-33(42)20-10-8-19(9-11-20)14-28(40)31-24-5-2-4-22(21-16-36-18-37-17-21)23(24)12-13-39(31)32(41)29-15-27(38-44-29)25-6-3-7-26(34)30(25)35/h2-11,16-18,29,31H,12-15H2,1H3/t29-,31+/m1/s1. The second-order valence-corrected chi connectivity index (χ2v) is 10.9. The fourth-order valence-electron chi connectivity index (χ4n) is 5.72. The Morgan fingerprint density at radius 1 is 1.02 bits per heavy atom. The van der Waals surface area contributed by atoms with Crippen LogP contribution in [0.5, 0.6) is 0 Å². The van der Waals surface area contributed by atoms with E-state index < -0.39 is 29.8 Å². The Hall–Kier alpha value is -4.96. The van der Waals surface area contributed by atoms with Crippen molar-refractivity contribution in [2.24, 2.45) is 5.16 Å². The van der Waals surface area contributed by atoms with E-state index in [2.05, 4.69) is 15.1 Å². The van der Waals surface area contributed by atoms with Crippen LogP contribution in [0.15, 0.2) is 84.5 Å². The van der Waals surface area contributed by atoms with Crippen LogP contribution < -0.4 is 0 Å². The second kappa shape index (κ2) is 12.3. The van der Waals surface area contributed by atoms with Gasteiger partial charge in [-0.25, -0.2) is 19.2 Å². The van der Waals surface area contributed by atoms with Crippen molar-refractivity contribution in [2.75, 3.05) is 13.7 Å². The van der Waals surface area contributed by atoms with Crippen LogP contribution in [0.1, 0.15) is 45.1 Å². The molecule has 0 spiro atoms. The molecule has 2 aliphatic heterocycles. The van der Waals surface area contributed by atoms with Crippen molar-refractivity contribution in [3.8, 4) is 11.1 Å². The normalized spacial score (nSPS) is 17.3. The van der Waals surface area contributed by atoms with Crippen LogP contribution in [0.25, 0.3) is 11.1 Å². The van der Waals surface area contributed by atoms with E-state index in [0.717, 1.165) is 16.7 Å². The predicted octanol–water partition coefficient (Wildman–Crippen LogP) is 5.15. The molecule has 3 heterocycles. The number of rotatable bonds is 7. The molecule has 0 bridgehead atoms. The number of Topliss-reactive ketones (excluding diaryl/α,β-unsaturated/α-hetero) is 1. The number of halogens is 2. The van der Waals surface area contributed by atoms with E-state index in [4.69, 9.17) is 21.2 Å². The first-order valence-corrected chi connectivity index (χ1v) is 14.3. The van der Waals surface area contributed by atoms with Crippen LogP contribution in [0.3, 0.4) is 0 Å². The van der Waals surface area contributed by atoms with Crippen LogP contribution in [0.2, 0.25) is 5.02 Å². The van der Waals surface area contributed by atoms with Gasteiger partial charge in [-0.2, -0.15) is 0 Å². The van der Waals surface area contributed by atoms with Crippen molar-refractivity contribution in [3.63, 3.8) is 0 Å². The molecular formula is C33H26ClFN4O5. The molecule has 11 heteroatoms. The highest BCUT2D eigenvalue weighted by molar-refractivity contribution is 6.31. The first-order valence-electron chi connectivity index (χ1n) is 13.9. The Labute approximate surface area is 257 Å². The Morgan fingerprint density at radius 2 is 1.75 bits per heavy atom. The summed E-state index contributed by atoms with van der Waals surface area (Å²) >= 11 is 5.96. The SMILES string of the molecule is COC(=O)c1ccc(CC(=O)[C@@H]2c3cccc(-c4cncnc4)c3CCN2C(=O)[C@H]2CC(c3cccc(Cl)c3F)=NO2)cc1. The molecule has 1 aromatic heterocycles. The lowest BCUT2D eigenvalue weighted by Gasteiger charge is -2.38. The van der Waals surface area contributed by atoms with Gasteiger partial charge in [-0.3, -0.25) is 9.59 Å². The average Bonchev–Trinajstić information content (AvgIpc) is 3.55. The summed E-state index contributed by atoms with van der Waals surface area (Å²) < 4.78 is 19.5. The van der Waals surface area contributed by atoms with Gasteiger partial charge in [-0.15, -0.1) is 0 Å². The molecule has 9 nitrogen and oxygen atoms in total. The fourth-order valence-corrected chi connectivity index (χ4v) is 5.89. The van der Waals surface area contributed by atoms with E-state index in [0.29, 0.717) is 23.1 Å². The van der Waals surface area contributed by atoms with Crippen molar-refractivity contribution in [1.29, 1.82) is 0 Å². The molecule has 2 atom stereocenters. The summed E-state index contributed by atoms with van der Waals surface area (Å²) in [4.78, 5) is 55.3. The number of ether oxygens (including phenoxy) is 1. The minimum atomic E-state index is -1.04. The number of benzene rings is 3. The summed E-state index contributed by atoms with van der Waals surface area (Å²) in [5.41, 5.74) is 4.77. The van der Waals surface area contributed by atoms with Crippen LogP contribution in [-0.4, -0.2) is 58.0 Å². The summed E-state index contributed by atoms with van der Waals surface area (Å²) in [7, 11) is 1.30. The van der Waals surface area contributed by atoms with Crippen molar-refractivity contribution in [3.05, 3.63) is 118 Å². The number of nitrogens with zero attached hydrogens (tertiary/aromatic N) is 4. The zero-order valence-electron chi connectivity index (χ0n) is 23.6. The highest BCUT2D eigenvalue weighted by Gasteiger charge is 2.42. The maximum absolute atomic E-state index is 14.7. The first kappa shape index (κ1) is 29.1. The molecule has 0 saturated carbocycles. The lowest BCUT2D eigenvalue weighted by Crippen LogP contribution is -2.48. The van der Waals surface area contributed by atoms with Crippen LogP contribution in [0, 0.1) is 5.82 Å². The summed E-state index contributed by atoms with van der Waals surface area (Å²) in [6.07, 6.45) is 4.34. The zero-order chi connectivity index (χ0) is 30.8. The van der Waals surface area contributed by atoms with Gasteiger partial charge in [0, 0.05) is 42.9 Å². The largest absolute Gasteiger partial charge is 0.465 e. The number of esters is 1. The van der Waals surface area contributed by atoms with E-state index in [1.54, 1.807) is 42.7 Å². The van der Waals surface area contributed by atoms with E-state index >= 15 is 0 Å². The number of methoxy groups -OCH3 is 1. The smallest absolute Gasteiger partial charge is 0.337 e. The van der Waals surface area contributed by atoms with Gasteiger partial charge in [-0.05, 0) is 52.9 Å². The number of hydrogen-bond acceptors (Lipinski definition) is 8. The molecule has 4 aromatic rings. The topological polar surface area (TPSA) is 111 Å². The number of aromatic nitrogens is 2. The number of carbonyl (C=O) groups excluding carboxylic acids is 3. The molecule has 0 unspecified atom stereocenters. The van der Waals surface area contributed by atoms with E-state index in [9.17, 15) is 18.8 Å². The molecule has 2 aliphatic rings. The Balaban J connectivity index is 1.32. The van der Waals surface area contributed by atoms with Crippen molar-refractivity contribution >= 4 is 35.0 Å². The van der Waals surface area contributed by atoms with Gasteiger partial charge in [0.1, 0.15) is 12.4 Å². The van der Waals surface area contributed by atoms with E-state index in [1.165, 1.54) is 30.5 Å². The number of hydrogen-bond donors (Lipinski definition) is 0. The summed E-state index contributed by atoms with van der Waals surface area (Å²) in [5.74, 6) is -1.76. The third-order valence-electron chi connectivity index (χ3n) is 7.84. The van der Waals surface area contributed by atoms with Gasteiger partial charge in [0.05, 0.1) is 23.4 Å². The highest BCUT2D eigenvalue weighted by Crippen LogP contribution is 2.38. The van der Waals surface area contributed by atoms with Gasteiger partial charge in [-0.1, -0.05) is 53.2 Å². The maximum Gasteiger partial charge on any atom is 0.337 e. The van der Waals surface area contributed by atoms with Gasteiger partial charge < -0.3 is 14.5 Å². The van der Waals surface area contributed by atoms with Gasteiger partial charge in [0.2, 0.25) is 6.10 Å². The summed E-state index contributed by atoms with van der Waals surface area (Å²) in [6.45, 7) is 0.245. The molecular weight excluding hydrogens is 587 g/mol. The minimum absolute atomic E-state index is 0.00894. The van der Waals surface area contributed by atoms with E-state index in [-0.39, 0.29) is 41.5 Å². The number of amides is 1. The average molecular weight is 613 g/mol. The number of ketones is 1. The monoisotopic (exact) mass is 612 g/mol. The lowest BCUT2D eigenvalue weighted by molar-refractivity contribution is -0.149. The Morgan fingerprint density at radius 3 is 2.50 bits per heavy atom. The maximum atomic E-state index is 14.7. The third kappa shape index (κ3) is 5.56. The van der Waals surface area contributed by atoms with E-state index in [1.807, 2.05) is 18.2 Å². The Kier molecular flexibility index (Phi) is 8.17. The fraction of sp³-hybridized carbons (Fsp3) is 0.212. The number of carbonyl (C=O) groups is 3. The first-order chi connectivity index (χ1) is 21.4. The van der Waals surface area contributed by atoms with Gasteiger partial charge in [0.25, 0.3) is 5.91 Å². The quantitative estimate of drug-likeness (QED) is 0.265. The molecule has 0 N–H and O–H groups in total. The predicted molar refractivity (Wildman–Crippen MR) is 160 cm³/mol. The van der Waals surface area contributed by atoms with Crippen LogP contribution in [0.4, 0.5) is 4.39 Å². The molecule has 222 valence electrons. The van der Waals surface area contributed by atoms with Crippen molar-refractivity contribution in [2.45, 2.75) is 31.4 Å². The number of oxime groups is 1. The molecule has 44 heavy (non-hydrogen) atoms. The van der Waals surface area contributed by atoms with Crippen LogP contribution in [-0.2, 0) is 32.0 Å². The van der Waals surface area contributed by atoms with Gasteiger partial charge in [0.15, 0.2) is 11.6 Å². The zero-order valence-corrected chi connectivity index (χ0v) is 24.3. The molecule has 0 aliphatic carbocycles. The summed E-state index contributed by atoms with van der Waals surface area (Å²) in [5, 5.41) is 3.95. The second-order valence-electron chi connectivity index (χ2n) is 10.5. The highest BCUT2D eigenvalue weighted by atomic mass is 35.5. The van der Waals surface area contributed by atoms with Crippen LogP contribution >= 0.6 is 11.6 Å². The molecule has 0 radical (unpaired) electrons. The molecule has 3 aromatic carbocycles. The molecule has 6 rings (SSSR count).